The molecule has 3 aromatic heterocycles. The molecule has 0 bridgehead atoms. The van der Waals surface area contributed by atoms with Crippen molar-refractivity contribution < 1.29 is 14.3 Å². The molecule has 28 heavy (non-hydrogen) atoms. The summed E-state index contributed by atoms with van der Waals surface area (Å²) >= 11 is 2.47. The SMILES string of the molecule is C=CCOC(=O)c1sc(NC(=O)Cn2cnc3sc(C)c(C)c3c2=O)nc1C. The van der Waals surface area contributed by atoms with Crippen molar-refractivity contribution in [3.8, 4) is 0 Å². The van der Waals surface area contributed by atoms with Crippen molar-refractivity contribution in [2.24, 2.45) is 0 Å². The van der Waals surface area contributed by atoms with Gasteiger partial charge in [-0.1, -0.05) is 24.0 Å². The third kappa shape index (κ3) is 3.87. The van der Waals surface area contributed by atoms with Gasteiger partial charge in [-0.05, 0) is 26.3 Å². The van der Waals surface area contributed by atoms with Crippen LogP contribution < -0.4 is 10.9 Å². The van der Waals surface area contributed by atoms with Crippen molar-refractivity contribution in [2.75, 3.05) is 11.9 Å². The van der Waals surface area contributed by atoms with Crippen LogP contribution in [0, 0.1) is 20.8 Å². The maximum Gasteiger partial charge on any atom is 0.350 e. The number of thiophene rings is 1. The molecule has 3 rings (SSSR count). The van der Waals surface area contributed by atoms with Crippen LogP contribution in [0.25, 0.3) is 10.2 Å². The lowest BCUT2D eigenvalue weighted by Gasteiger charge is -2.05. The number of hydrogen-bond donors (Lipinski definition) is 1. The summed E-state index contributed by atoms with van der Waals surface area (Å²) in [5.74, 6) is -0.961. The van der Waals surface area contributed by atoms with Crippen LogP contribution in [0.2, 0.25) is 0 Å². The molecule has 0 aromatic carbocycles. The monoisotopic (exact) mass is 418 g/mol. The molecule has 8 nitrogen and oxygen atoms in total. The predicted molar refractivity (Wildman–Crippen MR) is 109 cm³/mol. The van der Waals surface area contributed by atoms with E-state index in [0.29, 0.717) is 20.8 Å². The number of thiazole rings is 1. The van der Waals surface area contributed by atoms with E-state index >= 15 is 0 Å². The highest BCUT2D eigenvalue weighted by molar-refractivity contribution is 7.18. The summed E-state index contributed by atoms with van der Waals surface area (Å²) in [5.41, 5.74) is 1.08. The highest BCUT2D eigenvalue weighted by atomic mass is 32.1. The highest BCUT2D eigenvalue weighted by Crippen LogP contribution is 2.26. The van der Waals surface area contributed by atoms with Crippen LogP contribution >= 0.6 is 22.7 Å². The fraction of sp³-hybridized carbons (Fsp3) is 0.278. The number of carbonyl (C=O) groups is 2. The summed E-state index contributed by atoms with van der Waals surface area (Å²) < 4.78 is 6.25. The number of fused-ring (bicyclic) bond motifs is 1. The summed E-state index contributed by atoms with van der Waals surface area (Å²) in [6.07, 6.45) is 2.83. The van der Waals surface area contributed by atoms with E-state index < -0.39 is 11.9 Å². The van der Waals surface area contributed by atoms with E-state index in [2.05, 4.69) is 21.9 Å². The number of hydrogen-bond acceptors (Lipinski definition) is 8. The van der Waals surface area contributed by atoms with Crippen LogP contribution in [-0.2, 0) is 16.1 Å². The summed E-state index contributed by atoms with van der Waals surface area (Å²) in [4.78, 5) is 47.4. The maximum absolute atomic E-state index is 12.7. The minimum Gasteiger partial charge on any atom is -0.457 e. The molecule has 0 atom stereocenters. The Morgan fingerprint density at radius 2 is 2.07 bits per heavy atom. The number of anilines is 1. The van der Waals surface area contributed by atoms with E-state index in [4.69, 9.17) is 4.74 Å². The van der Waals surface area contributed by atoms with Gasteiger partial charge in [0.1, 0.15) is 22.9 Å². The predicted octanol–water partition coefficient (Wildman–Crippen LogP) is 2.82. The van der Waals surface area contributed by atoms with Crippen molar-refractivity contribution in [1.29, 1.82) is 0 Å². The molecule has 0 aliphatic rings. The van der Waals surface area contributed by atoms with Crippen molar-refractivity contribution in [3.05, 3.63) is 50.3 Å². The largest absolute Gasteiger partial charge is 0.457 e. The van der Waals surface area contributed by atoms with Gasteiger partial charge in [0.2, 0.25) is 5.91 Å². The van der Waals surface area contributed by atoms with Crippen molar-refractivity contribution in [3.63, 3.8) is 0 Å². The lowest BCUT2D eigenvalue weighted by molar-refractivity contribution is -0.116. The van der Waals surface area contributed by atoms with Crippen molar-refractivity contribution >= 4 is 49.9 Å². The van der Waals surface area contributed by atoms with E-state index in [0.717, 1.165) is 21.8 Å². The fourth-order valence-electron chi connectivity index (χ4n) is 2.54. The third-order valence-corrected chi connectivity index (χ3v) is 6.20. The topological polar surface area (TPSA) is 103 Å². The first-order valence-corrected chi connectivity index (χ1v) is 9.95. The first kappa shape index (κ1) is 19.9. The van der Waals surface area contributed by atoms with Gasteiger partial charge < -0.3 is 10.1 Å². The van der Waals surface area contributed by atoms with Gasteiger partial charge in [-0.25, -0.2) is 14.8 Å². The number of aromatic nitrogens is 3. The number of esters is 1. The van der Waals surface area contributed by atoms with Crippen LogP contribution in [0.5, 0.6) is 0 Å². The molecule has 0 radical (unpaired) electrons. The molecular formula is C18H18N4O4S2. The number of ether oxygens (including phenoxy) is 1. The van der Waals surface area contributed by atoms with Crippen LogP contribution in [-0.4, -0.2) is 33.0 Å². The number of nitrogens with zero attached hydrogens (tertiary/aromatic N) is 3. The minimum absolute atomic E-state index is 0.0950. The van der Waals surface area contributed by atoms with Gasteiger partial charge in [-0.2, -0.15) is 0 Å². The quantitative estimate of drug-likeness (QED) is 0.488. The lowest BCUT2D eigenvalue weighted by atomic mass is 10.2. The molecule has 0 saturated carbocycles. The molecule has 3 heterocycles. The Morgan fingerprint density at radius 3 is 2.79 bits per heavy atom. The van der Waals surface area contributed by atoms with Crippen LogP contribution in [0.1, 0.15) is 25.8 Å². The number of nitrogens with one attached hydrogen (secondary N) is 1. The Hall–Kier alpha value is -2.85. The first-order chi connectivity index (χ1) is 13.3. The molecule has 0 aliphatic carbocycles. The Labute approximate surface area is 168 Å². The molecule has 0 aliphatic heterocycles. The van der Waals surface area contributed by atoms with Gasteiger partial charge in [0.05, 0.1) is 17.4 Å². The van der Waals surface area contributed by atoms with Crippen molar-refractivity contribution in [2.45, 2.75) is 27.3 Å². The molecule has 0 unspecified atom stereocenters. The van der Waals surface area contributed by atoms with E-state index in [1.165, 1.54) is 28.3 Å². The van der Waals surface area contributed by atoms with Gasteiger partial charge in [0.25, 0.3) is 5.56 Å². The van der Waals surface area contributed by atoms with Gasteiger partial charge in [-0.3, -0.25) is 14.2 Å². The second kappa shape index (κ2) is 8.03. The molecular weight excluding hydrogens is 400 g/mol. The van der Waals surface area contributed by atoms with Gasteiger partial charge in [-0.15, -0.1) is 11.3 Å². The molecule has 0 spiro atoms. The Morgan fingerprint density at radius 1 is 1.32 bits per heavy atom. The second-order valence-corrected chi connectivity index (χ2v) is 8.21. The lowest BCUT2D eigenvalue weighted by Crippen LogP contribution is -2.27. The average molecular weight is 419 g/mol. The number of carbonyl (C=O) groups excluding carboxylic acids is 2. The first-order valence-electron chi connectivity index (χ1n) is 8.32. The number of amides is 1. The highest BCUT2D eigenvalue weighted by Gasteiger charge is 2.18. The summed E-state index contributed by atoms with van der Waals surface area (Å²) in [7, 11) is 0. The molecule has 0 saturated heterocycles. The van der Waals surface area contributed by atoms with Crippen LogP contribution in [0.15, 0.2) is 23.8 Å². The number of aryl methyl sites for hydroxylation is 3. The van der Waals surface area contributed by atoms with Gasteiger partial charge >= 0.3 is 5.97 Å². The minimum atomic E-state index is -0.524. The zero-order valence-electron chi connectivity index (χ0n) is 15.6. The summed E-state index contributed by atoms with van der Waals surface area (Å²) in [6.45, 7) is 8.83. The molecule has 1 N–H and O–H groups in total. The average Bonchev–Trinajstić information content (AvgIpc) is 3.15. The smallest absolute Gasteiger partial charge is 0.350 e. The van der Waals surface area contributed by atoms with Crippen LogP contribution in [0.3, 0.4) is 0 Å². The molecule has 3 aromatic rings. The van der Waals surface area contributed by atoms with E-state index in [9.17, 15) is 14.4 Å². The Balaban J connectivity index is 1.76. The van der Waals surface area contributed by atoms with Gasteiger partial charge in [0.15, 0.2) is 5.13 Å². The zero-order chi connectivity index (χ0) is 20.4. The third-order valence-electron chi connectivity index (χ3n) is 4.03. The normalized spacial score (nSPS) is 10.8. The maximum atomic E-state index is 12.7. The second-order valence-electron chi connectivity index (χ2n) is 6.01. The molecule has 10 heteroatoms. The van der Waals surface area contributed by atoms with E-state index in [1.54, 1.807) is 6.92 Å². The van der Waals surface area contributed by atoms with Crippen LogP contribution in [0.4, 0.5) is 5.13 Å². The summed E-state index contributed by atoms with van der Waals surface area (Å²) in [6, 6.07) is 0. The molecule has 0 fully saturated rings. The Bertz CT molecular complexity index is 1140. The van der Waals surface area contributed by atoms with E-state index in [1.807, 2.05) is 13.8 Å². The van der Waals surface area contributed by atoms with E-state index in [-0.39, 0.29) is 23.8 Å². The van der Waals surface area contributed by atoms with Gasteiger partial charge in [0, 0.05) is 4.88 Å². The molecule has 146 valence electrons. The fourth-order valence-corrected chi connectivity index (χ4v) is 4.40. The zero-order valence-corrected chi connectivity index (χ0v) is 17.2. The van der Waals surface area contributed by atoms with Crippen molar-refractivity contribution in [1.82, 2.24) is 14.5 Å². The number of rotatable bonds is 6. The summed E-state index contributed by atoms with van der Waals surface area (Å²) in [5, 5.41) is 3.41. The standard InChI is InChI=1S/C18H18N4O4S2/c1-5-6-26-17(25)14-10(3)20-18(28-14)21-12(23)7-22-8-19-15-13(16(22)24)9(2)11(4)27-15/h5,8H,1,6-7H2,2-4H3,(H,20,21,23). The molecule has 1 amide bonds. The Kier molecular flexibility index (Phi) is 5.71.